The lowest BCUT2D eigenvalue weighted by Gasteiger charge is -2.15. The summed E-state index contributed by atoms with van der Waals surface area (Å²) in [5.74, 6) is -0.590. The zero-order valence-electron chi connectivity index (χ0n) is 16.5. The smallest absolute Gasteiger partial charge is 0.343 e. The summed E-state index contributed by atoms with van der Waals surface area (Å²) in [5.41, 5.74) is 1.02. The van der Waals surface area contributed by atoms with Crippen LogP contribution in [0.3, 0.4) is 0 Å². The molecule has 10 heteroatoms. The van der Waals surface area contributed by atoms with Crippen LogP contribution < -0.4 is 14.4 Å². The fraction of sp³-hybridized carbons (Fsp3) is 0.190. The molecule has 1 aliphatic heterocycles. The number of rotatable bonds is 7. The Balaban J connectivity index is 1.91. The average Bonchev–Trinajstić information content (AvgIpc) is 3.00. The third kappa shape index (κ3) is 5.44. The molecule has 1 saturated heterocycles. The standard InChI is InChI=1S/C21H17BrFNO5S2/c1-3-28-16-8-12(7-15(22)19(16)29-11-18(25)27-2)9-17-20(26)24(21(30)31-17)14-6-4-5-13(23)10-14/h4-10H,3,11H2,1-2H3/b17-9+. The summed E-state index contributed by atoms with van der Waals surface area (Å²) in [7, 11) is 1.27. The predicted octanol–water partition coefficient (Wildman–Crippen LogP) is 4.94. The van der Waals surface area contributed by atoms with Gasteiger partial charge in [0.2, 0.25) is 0 Å². The molecule has 6 nitrogen and oxygen atoms in total. The van der Waals surface area contributed by atoms with Crippen LogP contribution in [0.4, 0.5) is 10.1 Å². The fourth-order valence-corrected chi connectivity index (χ4v) is 4.59. The molecule has 2 aromatic rings. The van der Waals surface area contributed by atoms with Crippen molar-refractivity contribution in [1.29, 1.82) is 0 Å². The maximum atomic E-state index is 13.6. The van der Waals surface area contributed by atoms with Gasteiger partial charge in [0.05, 0.1) is 28.8 Å². The second-order valence-corrected chi connectivity index (χ2v) is 8.65. The number of nitrogens with zero attached hydrogens (tertiary/aromatic N) is 1. The molecular weight excluding hydrogens is 509 g/mol. The summed E-state index contributed by atoms with van der Waals surface area (Å²) in [4.78, 5) is 26.0. The predicted molar refractivity (Wildman–Crippen MR) is 125 cm³/mol. The van der Waals surface area contributed by atoms with Gasteiger partial charge >= 0.3 is 5.97 Å². The number of ether oxygens (including phenoxy) is 3. The maximum absolute atomic E-state index is 13.6. The fourth-order valence-electron chi connectivity index (χ4n) is 2.72. The van der Waals surface area contributed by atoms with Crippen molar-refractivity contribution in [3.8, 4) is 11.5 Å². The van der Waals surface area contributed by atoms with Crippen molar-refractivity contribution >= 4 is 67.9 Å². The Hall–Kier alpha value is -2.43. The van der Waals surface area contributed by atoms with Crippen molar-refractivity contribution in [3.63, 3.8) is 0 Å². The molecule has 162 valence electrons. The SMILES string of the molecule is CCOc1cc(/C=C2/SC(=S)N(c3cccc(F)c3)C2=O)cc(Br)c1OCC(=O)OC. The van der Waals surface area contributed by atoms with Crippen molar-refractivity contribution in [2.24, 2.45) is 0 Å². The first-order valence-electron chi connectivity index (χ1n) is 9.03. The van der Waals surface area contributed by atoms with Gasteiger partial charge in [0.15, 0.2) is 22.4 Å². The molecule has 1 fully saturated rings. The molecule has 3 rings (SSSR count). The first-order valence-corrected chi connectivity index (χ1v) is 11.0. The molecule has 0 aliphatic carbocycles. The molecule has 1 aliphatic rings. The van der Waals surface area contributed by atoms with Crippen LogP contribution in [0.25, 0.3) is 6.08 Å². The largest absolute Gasteiger partial charge is 0.490 e. The zero-order valence-corrected chi connectivity index (χ0v) is 19.7. The van der Waals surface area contributed by atoms with E-state index in [0.29, 0.717) is 43.1 Å². The van der Waals surface area contributed by atoms with Gasteiger partial charge in [0.1, 0.15) is 5.82 Å². The summed E-state index contributed by atoms with van der Waals surface area (Å²) in [6.45, 7) is 1.90. The number of hydrogen-bond donors (Lipinski definition) is 0. The van der Waals surface area contributed by atoms with Gasteiger partial charge in [0.25, 0.3) is 5.91 Å². The minimum absolute atomic E-state index is 0.277. The van der Waals surface area contributed by atoms with Crippen LogP contribution >= 0.6 is 39.9 Å². The van der Waals surface area contributed by atoms with E-state index >= 15 is 0 Å². The number of benzene rings is 2. The van der Waals surface area contributed by atoms with Gasteiger partial charge in [-0.15, -0.1) is 0 Å². The second-order valence-electron chi connectivity index (χ2n) is 6.12. The summed E-state index contributed by atoms with van der Waals surface area (Å²) >= 11 is 9.87. The van der Waals surface area contributed by atoms with Crippen LogP contribution in [0.5, 0.6) is 11.5 Å². The number of carbonyl (C=O) groups excluding carboxylic acids is 2. The maximum Gasteiger partial charge on any atom is 0.343 e. The van der Waals surface area contributed by atoms with E-state index in [4.69, 9.17) is 21.7 Å². The van der Waals surface area contributed by atoms with Crippen LogP contribution in [-0.4, -0.2) is 36.5 Å². The highest BCUT2D eigenvalue weighted by atomic mass is 79.9. The molecule has 0 unspecified atom stereocenters. The summed E-state index contributed by atoms with van der Waals surface area (Å²) in [5, 5.41) is 0. The van der Waals surface area contributed by atoms with Gasteiger partial charge in [-0.3, -0.25) is 9.69 Å². The van der Waals surface area contributed by atoms with Crippen LogP contribution in [0.15, 0.2) is 45.8 Å². The number of anilines is 1. The van der Waals surface area contributed by atoms with E-state index in [1.807, 2.05) is 6.92 Å². The number of thiocarbonyl (C=S) groups is 1. The van der Waals surface area contributed by atoms with Gasteiger partial charge < -0.3 is 14.2 Å². The molecule has 2 aromatic carbocycles. The molecule has 0 spiro atoms. The lowest BCUT2D eigenvalue weighted by molar-refractivity contribution is -0.142. The Bertz CT molecular complexity index is 1080. The van der Waals surface area contributed by atoms with E-state index in [-0.39, 0.29) is 12.5 Å². The number of hydrogen-bond acceptors (Lipinski definition) is 7. The topological polar surface area (TPSA) is 65.1 Å². The van der Waals surface area contributed by atoms with Crippen LogP contribution in [0.2, 0.25) is 0 Å². The molecule has 0 N–H and O–H groups in total. The highest BCUT2D eigenvalue weighted by molar-refractivity contribution is 9.10. The lowest BCUT2D eigenvalue weighted by atomic mass is 10.1. The van der Waals surface area contributed by atoms with E-state index in [2.05, 4.69) is 20.7 Å². The van der Waals surface area contributed by atoms with Crippen LogP contribution in [-0.2, 0) is 14.3 Å². The van der Waals surface area contributed by atoms with Gasteiger partial charge in [-0.05, 0) is 64.8 Å². The number of carbonyl (C=O) groups is 2. The van der Waals surface area contributed by atoms with Crippen molar-refractivity contribution in [2.75, 3.05) is 25.2 Å². The lowest BCUT2D eigenvalue weighted by Crippen LogP contribution is -2.27. The van der Waals surface area contributed by atoms with E-state index in [1.165, 1.54) is 30.2 Å². The van der Waals surface area contributed by atoms with Gasteiger partial charge in [-0.1, -0.05) is 30.0 Å². The van der Waals surface area contributed by atoms with Crippen LogP contribution in [0, 0.1) is 5.82 Å². The van der Waals surface area contributed by atoms with E-state index < -0.39 is 11.8 Å². The normalized spacial score (nSPS) is 14.8. The Kier molecular flexibility index (Phi) is 7.69. The zero-order chi connectivity index (χ0) is 22.5. The Labute approximate surface area is 196 Å². The molecule has 31 heavy (non-hydrogen) atoms. The number of amides is 1. The summed E-state index contributed by atoms with van der Waals surface area (Å²) in [6, 6.07) is 9.11. The van der Waals surface area contributed by atoms with Crippen molar-refractivity contribution in [3.05, 3.63) is 57.2 Å². The van der Waals surface area contributed by atoms with E-state index in [1.54, 1.807) is 24.3 Å². The van der Waals surface area contributed by atoms with E-state index in [0.717, 1.165) is 11.8 Å². The quantitative estimate of drug-likeness (QED) is 0.288. The molecule has 0 bridgehead atoms. The molecule has 0 aromatic heterocycles. The molecule has 1 amide bonds. The van der Waals surface area contributed by atoms with Gasteiger partial charge in [-0.2, -0.15) is 0 Å². The first-order chi connectivity index (χ1) is 14.8. The number of methoxy groups -OCH3 is 1. The van der Waals surface area contributed by atoms with Gasteiger partial charge in [-0.25, -0.2) is 9.18 Å². The number of esters is 1. The number of halogens is 2. The third-order valence-corrected chi connectivity index (χ3v) is 5.94. The second kappa shape index (κ2) is 10.3. The summed E-state index contributed by atoms with van der Waals surface area (Å²) < 4.78 is 30.2. The molecule has 0 atom stereocenters. The van der Waals surface area contributed by atoms with Crippen LogP contribution in [0.1, 0.15) is 12.5 Å². The molecular formula is C21H17BrFNO5S2. The Morgan fingerprint density at radius 1 is 1.29 bits per heavy atom. The molecule has 0 radical (unpaired) electrons. The van der Waals surface area contributed by atoms with E-state index in [9.17, 15) is 14.0 Å². The highest BCUT2D eigenvalue weighted by Crippen LogP contribution is 2.40. The minimum Gasteiger partial charge on any atom is -0.490 e. The Morgan fingerprint density at radius 2 is 2.06 bits per heavy atom. The monoisotopic (exact) mass is 525 g/mol. The van der Waals surface area contributed by atoms with Crippen molar-refractivity contribution < 1.29 is 28.2 Å². The Morgan fingerprint density at radius 3 is 2.74 bits per heavy atom. The third-order valence-electron chi connectivity index (χ3n) is 4.05. The average molecular weight is 526 g/mol. The molecule has 0 saturated carbocycles. The summed E-state index contributed by atoms with van der Waals surface area (Å²) in [6.07, 6.45) is 1.66. The number of thioether (sulfide) groups is 1. The molecule has 1 heterocycles. The van der Waals surface area contributed by atoms with Gasteiger partial charge in [0, 0.05) is 0 Å². The first kappa shape index (κ1) is 23.2. The minimum atomic E-state index is -0.528. The van der Waals surface area contributed by atoms with Crippen molar-refractivity contribution in [2.45, 2.75) is 6.92 Å². The van der Waals surface area contributed by atoms with Crippen molar-refractivity contribution in [1.82, 2.24) is 0 Å². The highest BCUT2D eigenvalue weighted by Gasteiger charge is 2.33.